The summed E-state index contributed by atoms with van der Waals surface area (Å²) in [6.45, 7) is 3.14. The maximum absolute atomic E-state index is 11.7. The highest BCUT2D eigenvalue weighted by Crippen LogP contribution is 2.24. The molecule has 0 spiro atoms. The first kappa shape index (κ1) is 10.9. The van der Waals surface area contributed by atoms with Gasteiger partial charge in [-0.25, -0.2) is 9.78 Å². The van der Waals surface area contributed by atoms with Crippen LogP contribution in [0.25, 0.3) is 0 Å². The molecule has 0 unspecified atom stereocenters. The Morgan fingerprint density at radius 3 is 3.19 bits per heavy atom. The van der Waals surface area contributed by atoms with Crippen molar-refractivity contribution < 1.29 is 9.53 Å². The van der Waals surface area contributed by atoms with E-state index in [0.29, 0.717) is 6.61 Å². The van der Waals surface area contributed by atoms with Crippen molar-refractivity contribution in [2.75, 3.05) is 18.1 Å². The highest BCUT2D eigenvalue weighted by molar-refractivity contribution is 5.80. The van der Waals surface area contributed by atoms with Crippen LogP contribution < -0.4 is 4.90 Å². The van der Waals surface area contributed by atoms with Gasteiger partial charge in [0.2, 0.25) is 0 Å². The van der Waals surface area contributed by atoms with Crippen LogP contribution in [0.15, 0.2) is 24.4 Å². The van der Waals surface area contributed by atoms with Gasteiger partial charge in [0.1, 0.15) is 11.9 Å². The second-order valence-corrected chi connectivity index (χ2v) is 3.79. The predicted molar refractivity (Wildman–Crippen MR) is 61.2 cm³/mol. The van der Waals surface area contributed by atoms with Gasteiger partial charge in [0, 0.05) is 12.7 Å². The fraction of sp³-hybridized carbons (Fsp3) is 0.500. The molecule has 2 rings (SSSR count). The van der Waals surface area contributed by atoms with Crippen LogP contribution in [0.5, 0.6) is 0 Å². The molecule has 16 heavy (non-hydrogen) atoms. The van der Waals surface area contributed by atoms with Crippen molar-refractivity contribution in [3.8, 4) is 0 Å². The molecule has 86 valence electrons. The normalized spacial score (nSPS) is 19.8. The molecule has 0 aromatic carbocycles. The molecule has 0 bridgehead atoms. The summed E-state index contributed by atoms with van der Waals surface area (Å²) in [4.78, 5) is 18.0. The summed E-state index contributed by atoms with van der Waals surface area (Å²) < 4.78 is 5.07. The van der Waals surface area contributed by atoms with E-state index in [2.05, 4.69) is 4.98 Å². The fourth-order valence-electron chi connectivity index (χ4n) is 2.05. The number of pyridine rings is 1. The molecule has 0 N–H and O–H groups in total. The lowest BCUT2D eigenvalue weighted by atomic mass is 10.2. The second kappa shape index (κ2) is 4.96. The van der Waals surface area contributed by atoms with E-state index in [9.17, 15) is 4.79 Å². The molecule has 0 radical (unpaired) electrons. The number of carbonyl (C=O) groups is 1. The van der Waals surface area contributed by atoms with Gasteiger partial charge in [-0.05, 0) is 31.9 Å². The lowest BCUT2D eigenvalue weighted by molar-refractivity contribution is -0.144. The molecule has 1 aromatic rings. The van der Waals surface area contributed by atoms with Gasteiger partial charge in [-0.3, -0.25) is 0 Å². The first-order chi connectivity index (χ1) is 7.83. The predicted octanol–water partition coefficient (Wildman–Crippen LogP) is 1.61. The Morgan fingerprint density at radius 2 is 2.50 bits per heavy atom. The third-order valence-electron chi connectivity index (χ3n) is 2.76. The zero-order valence-electron chi connectivity index (χ0n) is 9.43. The number of nitrogens with zero attached hydrogens (tertiary/aromatic N) is 2. The first-order valence-electron chi connectivity index (χ1n) is 5.67. The summed E-state index contributed by atoms with van der Waals surface area (Å²) in [5.74, 6) is 0.726. The Labute approximate surface area is 95.2 Å². The molecule has 0 amide bonds. The van der Waals surface area contributed by atoms with E-state index in [0.717, 1.165) is 25.2 Å². The summed E-state index contributed by atoms with van der Waals surface area (Å²) in [7, 11) is 0. The molecule has 1 fully saturated rings. The molecule has 4 nitrogen and oxygen atoms in total. The summed E-state index contributed by atoms with van der Waals surface area (Å²) in [5, 5.41) is 0. The highest BCUT2D eigenvalue weighted by atomic mass is 16.5. The second-order valence-electron chi connectivity index (χ2n) is 3.79. The molecule has 1 saturated heterocycles. The molecule has 1 aliphatic rings. The maximum Gasteiger partial charge on any atom is 0.328 e. The van der Waals surface area contributed by atoms with Crippen LogP contribution >= 0.6 is 0 Å². The van der Waals surface area contributed by atoms with Gasteiger partial charge < -0.3 is 9.64 Å². The van der Waals surface area contributed by atoms with Crippen molar-refractivity contribution in [2.45, 2.75) is 25.8 Å². The van der Waals surface area contributed by atoms with Crippen LogP contribution in [0.1, 0.15) is 19.8 Å². The van der Waals surface area contributed by atoms with Crippen molar-refractivity contribution in [3.05, 3.63) is 24.4 Å². The number of aromatic nitrogens is 1. The smallest absolute Gasteiger partial charge is 0.328 e. The maximum atomic E-state index is 11.7. The average Bonchev–Trinajstić information content (AvgIpc) is 2.79. The molecular formula is C12H16N2O2. The topological polar surface area (TPSA) is 42.4 Å². The summed E-state index contributed by atoms with van der Waals surface area (Å²) in [6.07, 6.45) is 3.62. The molecule has 0 aliphatic carbocycles. The van der Waals surface area contributed by atoms with E-state index in [1.807, 2.05) is 30.0 Å². The van der Waals surface area contributed by atoms with Crippen LogP contribution in [0.2, 0.25) is 0 Å². The van der Waals surface area contributed by atoms with Gasteiger partial charge in [0.15, 0.2) is 0 Å². The fourth-order valence-corrected chi connectivity index (χ4v) is 2.05. The van der Waals surface area contributed by atoms with E-state index in [-0.39, 0.29) is 12.0 Å². The zero-order chi connectivity index (χ0) is 11.4. The van der Waals surface area contributed by atoms with E-state index in [1.165, 1.54) is 0 Å². The number of anilines is 1. The number of carbonyl (C=O) groups excluding carboxylic acids is 1. The van der Waals surface area contributed by atoms with Crippen LogP contribution in [0.3, 0.4) is 0 Å². The Hall–Kier alpha value is -1.58. The summed E-state index contributed by atoms with van der Waals surface area (Å²) in [5.41, 5.74) is 0. The highest BCUT2D eigenvalue weighted by Gasteiger charge is 2.32. The molecule has 1 aromatic heterocycles. The lowest BCUT2D eigenvalue weighted by Crippen LogP contribution is -2.37. The first-order valence-corrected chi connectivity index (χ1v) is 5.67. The Kier molecular flexibility index (Phi) is 3.39. The molecule has 0 saturated carbocycles. The number of ether oxygens (including phenoxy) is 1. The van der Waals surface area contributed by atoms with Crippen molar-refractivity contribution in [2.24, 2.45) is 0 Å². The van der Waals surface area contributed by atoms with E-state index < -0.39 is 0 Å². The van der Waals surface area contributed by atoms with E-state index in [1.54, 1.807) is 6.20 Å². The lowest BCUT2D eigenvalue weighted by Gasteiger charge is -2.23. The van der Waals surface area contributed by atoms with Crippen LogP contribution in [-0.4, -0.2) is 30.1 Å². The van der Waals surface area contributed by atoms with Gasteiger partial charge in [-0.2, -0.15) is 0 Å². The molecule has 1 aliphatic heterocycles. The molecular weight excluding hydrogens is 204 g/mol. The van der Waals surface area contributed by atoms with Gasteiger partial charge in [0.25, 0.3) is 0 Å². The van der Waals surface area contributed by atoms with Crippen molar-refractivity contribution >= 4 is 11.8 Å². The van der Waals surface area contributed by atoms with Crippen molar-refractivity contribution in [3.63, 3.8) is 0 Å². The quantitative estimate of drug-likeness (QED) is 0.726. The zero-order valence-corrected chi connectivity index (χ0v) is 9.43. The SMILES string of the molecule is CCOC(=O)[C@@H]1CCCN1c1ccccn1. The number of hydrogen-bond acceptors (Lipinski definition) is 4. The van der Waals surface area contributed by atoms with Crippen LogP contribution in [0.4, 0.5) is 5.82 Å². The Bertz CT molecular complexity index is 353. The van der Waals surface area contributed by atoms with Crippen LogP contribution in [-0.2, 0) is 9.53 Å². The van der Waals surface area contributed by atoms with Crippen molar-refractivity contribution in [1.82, 2.24) is 4.98 Å². The van der Waals surface area contributed by atoms with E-state index in [4.69, 9.17) is 4.74 Å². The summed E-state index contributed by atoms with van der Waals surface area (Å²) in [6, 6.07) is 5.58. The minimum Gasteiger partial charge on any atom is -0.464 e. The number of hydrogen-bond donors (Lipinski definition) is 0. The van der Waals surface area contributed by atoms with Crippen LogP contribution in [0, 0.1) is 0 Å². The third kappa shape index (κ3) is 2.15. The third-order valence-corrected chi connectivity index (χ3v) is 2.76. The monoisotopic (exact) mass is 220 g/mol. The average molecular weight is 220 g/mol. The van der Waals surface area contributed by atoms with E-state index >= 15 is 0 Å². The largest absolute Gasteiger partial charge is 0.464 e. The van der Waals surface area contributed by atoms with Gasteiger partial charge in [-0.15, -0.1) is 0 Å². The minimum absolute atomic E-state index is 0.134. The standard InChI is InChI=1S/C12H16N2O2/c1-2-16-12(15)10-6-5-9-14(10)11-7-3-4-8-13-11/h3-4,7-8,10H,2,5-6,9H2,1H3/t10-/m0/s1. The molecule has 2 heterocycles. The number of esters is 1. The Morgan fingerprint density at radius 1 is 1.62 bits per heavy atom. The van der Waals surface area contributed by atoms with Gasteiger partial charge >= 0.3 is 5.97 Å². The minimum atomic E-state index is -0.158. The molecule has 1 atom stereocenters. The molecule has 4 heteroatoms. The number of rotatable bonds is 3. The van der Waals surface area contributed by atoms with Gasteiger partial charge in [-0.1, -0.05) is 6.07 Å². The van der Waals surface area contributed by atoms with Crippen molar-refractivity contribution in [1.29, 1.82) is 0 Å². The summed E-state index contributed by atoms with van der Waals surface area (Å²) >= 11 is 0. The Balaban J connectivity index is 2.12. The van der Waals surface area contributed by atoms with Gasteiger partial charge in [0.05, 0.1) is 6.61 Å².